The number of hydrogen-bond donors (Lipinski definition) is 2. The largest absolute Gasteiger partial charge is 0.492 e. The highest BCUT2D eigenvalue weighted by molar-refractivity contribution is 5.97. The minimum atomic E-state index is -0.588. The summed E-state index contributed by atoms with van der Waals surface area (Å²) >= 11 is 0. The Kier molecular flexibility index (Phi) is 4.89. The number of carbonyl (C=O) groups excluding carboxylic acids is 2. The van der Waals surface area contributed by atoms with Gasteiger partial charge in [0.2, 0.25) is 11.8 Å². The fourth-order valence-electron chi connectivity index (χ4n) is 3.35. The molecule has 0 atom stereocenters. The lowest BCUT2D eigenvalue weighted by Gasteiger charge is -2.29. The first-order chi connectivity index (χ1) is 13.9. The van der Waals surface area contributed by atoms with Crippen LogP contribution in [0.1, 0.15) is 49.0 Å². The fourth-order valence-corrected chi connectivity index (χ4v) is 3.35. The first-order valence-corrected chi connectivity index (χ1v) is 9.98. The number of amides is 2. The van der Waals surface area contributed by atoms with Crippen molar-refractivity contribution in [3.8, 4) is 5.88 Å². The summed E-state index contributed by atoms with van der Waals surface area (Å²) in [7, 11) is 0. The van der Waals surface area contributed by atoms with Crippen molar-refractivity contribution in [2.75, 3.05) is 13.1 Å². The van der Waals surface area contributed by atoms with Crippen molar-refractivity contribution < 1.29 is 14.7 Å². The maximum Gasteiger partial charge on any atom is 0.270 e. The second-order valence-electron chi connectivity index (χ2n) is 8.10. The summed E-state index contributed by atoms with van der Waals surface area (Å²) < 4.78 is 2.65. The van der Waals surface area contributed by atoms with Gasteiger partial charge in [-0.2, -0.15) is 9.61 Å². The van der Waals surface area contributed by atoms with Gasteiger partial charge in [-0.3, -0.25) is 19.0 Å². The molecule has 2 aromatic heterocycles. The molecular weight excluding hydrogens is 374 g/mol. The number of hydrogen-bond acceptors (Lipinski definition) is 5. The van der Waals surface area contributed by atoms with Crippen molar-refractivity contribution in [2.24, 2.45) is 5.92 Å². The molecule has 1 aliphatic heterocycles. The van der Waals surface area contributed by atoms with Crippen molar-refractivity contribution in [3.63, 3.8) is 0 Å². The molecule has 0 radical (unpaired) electrons. The molecule has 9 heteroatoms. The first-order valence-electron chi connectivity index (χ1n) is 9.98. The molecular formula is C20H25N5O4. The van der Waals surface area contributed by atoms with Gasteiger partial charge in [-0.15, -0.1) is 0 Å². The van der Waals surface area contributed by atoms with Crippen molar-refractivity contribution >= 4 is 23.5 Å². The van der Waals surface area contributed by atoms with E-state index in [1.54, 1.807) is 11.0 Å². The third kappa shape index (κ3) is 3.64. The molecule has 2 aliphatic rings. The number of aromatic nitrogens is 3. The summed E-state index contributed by atoms with van der Waals surface area (Å²) in [6.07, 6.45) is 7.28. The second-order valence-corrected chi connectivity index (χ2v) is 8.10. The average Bonchev–Trinajstić information content (AvgIpc) is 3.31. The molecule has 1 saturated heterocycles. The second kappa shape index (κ2) is 7.38. The molecule has 0 bridgehead atoms. The van der Waals surface area contributed by atoms with Gasteiger partial charge in [0.15, 0.2) is 5.56 Å². The number of nitrogens with one attached hydrogen (secondary N) is 1. The van der Waals surface area contributed by atoms with Crippen LogP contribution in [0, 0.1) is 5.92 Å². The summed E-state index contributed by atoms with van der Waals surface area (Å²) in [5, 5.41) is 17.6. The molecule has 154 valence electrons. The highest BCUT2D eigenvalue weighted by atomic mass is 16.3. The third-order valence-electron chi connectivity index (χ3n) is 5.17. The number of fused-ring (bicyclic) bond motifs is 1. The summed E-state index contributed by atoms with van der Waals surface area (Å²) in [4.78, 5) is 39.6. The average molecular weight is 399 g/mol. The molecule has 2 aromatic rings. The summed E-state index contributed by atoms with van der Waals surface area (Å²) in [5.74, 6) is -1.06. The van der Waals surface area contributed by atoms with Crippen molar-refractivity contribution in [3.05, 3.63) is 33.8 Å². The molecule has 4 rings (SSSR count). The Hall–Kier alpha value is -3.10. The van der Waals surface area contributed by atoms with Crippen LogP contribution < -0.4 is 10.9 Å². The topological polar surface area (TPSA) is 109 Å². The molecule has 9 nitrogen and oxygen atoms in total. The zero-order valence-electron chi connectivity index (χ0n) is 16.6. The monoisotopic (exact) mass is 399 g/mol. The Bertz CT molecular complexity index is 1060. The molecule has 1 saturated carbocycles. The van der Waals surface area contributed by atoms with Crippen LogP contribution in [0.4, 0.5) is 0 Å². The normalized spacial score (nSPS) is 16.6. The van der Waals surface area contributed by atoms with E-state index < -0.39 is 17.3 Å². The fraction of sp³-hybridized carbons (Fsp3) is 0.500. The van der Waals surface area contributed by atoms with Crippen LogP contribution in [0.25, 0.3) is 11.7 Å². The highest BCUT2D eigenvalue weighted by Gasteiger charge is 2.29. The third-order valence-corrected chi connectivity index (χ3v) is 5.17. The van der Waals surface area contributed by atoms with Crippen molar-refractivity contribution in [1.82, 2.24) is 24.4 Å². The van der Waals surface area contributed by atoms with Gasteiger partial charge in [0, 0.05) is 37.3 Å². The van der Waals surface area contributed by atoms with Crippen LogP contribution >= 0.6 is 0 Å². The quantitative estimate of drug-likeness (QED) is 0.705. The minimum Gasteiger partial charge on any atom is -0.492 e. The van der Waals surface area contributed by atoms with E-state index in [9.17, 15) is 19.5 Å². The standard InChI is InChI=1S/C20H25N5O4/c1-12(2)11-24-18-13(4-7-15(26)23-8-3-9-23)10-21-25(18)20(29)16(19(24)28)17(27)22-14-5-6-14/h4,7,10,12,14,29H,3,5-6,8-9,11H2,1-2H3,(H,22,27)/b7-4+. The van der Waals surface area contributed by atoms with Gasteiger partial charge < -0.3 is 15.3 Å². The van der Waals surface area contributed by atoms with Crippen LogP contribution in [0.15, 0.2) is 17.1 Å². The van der Waals surface area contributed by atoms with Crippen LogP contribution in [-0.2, 0) is 11.3 Å². The van der Waals surface area contributed by atoms with Crippen molar-refractivity contribution in [2.45, 2.75) is 45.7 Å². The SMILES string of the molecule is CC(C)Cn1c(=O)c(C(=O)NC2CC2)c(O)n2ncc(/C=C/C(=O)N3CCC3)c12. The smallest absolute Gasteiger partial charge is 0.270 e. The molecule has 0 spiro atoms. The molecule has 2 amide bonds. The lowest BCUT2D eigenvalue weighted by molar-refractivity contribution is -0.129. The molecule has 29 heavy (non-hydrogen) atoms. The van der Waals surface area contributed by atoms with E-state index in [0.717, 1.165) is 32.4 Å². The number of aromatic hydroxyl groups is 1. The summed E-state index contributed by atoms with van der Waals surface area (Å²) in [6, 6.07) is 0.0548. The zero-order chi connectivity index (χ0) is 20.7. The first kappa shape index (κ1) is 19.2. The molecule has 2 N–H and O–H groups in total. The van der Waals surface area contributed by atoms with Gasteiger partial charge in [0.25, 0.3) is 11.5 Å². The van der Waals surface area contributed by atoms with Crippen LogP contribution in [0.5, 0.6) is 5.88 Å². The van der Waals surface area contributed by atoms with Crippen LogP contribution in [-0.4, -0.2) is 55.1 Å². The van der Waals surface area contributed by atoms with E-state index in [4.69, 9.17) is 0 Å². The van der Waals surface area contributed by atoms with Crippen LogP contribution in [0.3, 0.4) is 0 Å². The predicted octanol–water partition coefficient (Wildman–Crippen LogP) is 0.995. The number of nitrogens with zero attached hydrogens (tertiary/aromatic N) is 4. The number of rotatable bonds is 6. The lowest BCUT2D eigenvalue weighted by Crippen LogP contribution is -2.41. The molecule has 3 heterocycles. The number of carbonyl (C=O) groups is 2. The molecule has 0 aromatic carbocycles. The van der Waals surface area contributed by atoms with Gasteiger partial charge >= 0.3 is 0 Å². The maximum atomic E-state index is 13.1. The summed E-state index contributed by atoms with van der Waals surface area (Å²) in [5.41, 5.74) is 0.0179. The van der Waals surface area contributed by atoms with E-state index >= 15 is 0 Å². The van der Waals surface area contributed by atoms with Gasteiger partial charge in [-0.1, -0.05) is 13.8 Å². The number of likely N-dealkylation sites (tertiary alicyclic amines) is 1. The molecule has 2 fully saturated rings. The molecule has 0 unspecified atom stereocenters. The van der Waals surface area contributed by atoms with Crippen molar-refractivity contribution in [1.29, 1.82) is 0 Å². The zero-order valence-corrected chi connectivity index (χ0v) is 16.6. The van der Waals surface area contributed by atoms with Gasteiger partial charge in [-0.05, 0) is 31.3 Å². The Morgan fingerprint density at radius 2 is 2.07 bits per heavy atom. The van der Waals surface area contributed by atoms with Crippen LogP contribution in [0.2, 0.25) is 0 Å². The highest BCUT2D eigenvalue weighted by Crippen LogP contribution is 2.23. The Morgan fingerprint density at radius 3 is 2.66 bits per heavy atom. The van der Waals surface area contributed by atoms with Gasteiger partial charge in [-0.25, -0.2) is 0 Å². The maximum absolute atomic E-state index is 13.1. The van der Waals surface area contributed by atoms with E-state index in [-0.39, 0.29) is 23.4 Å². The Labute approximate surface area is 167 Å². The van der Waals surface area contributed by atoms with E-state index in [1.807, 2.05) is 13.8 Å². The summed E-state index contributed by atoms with van der Waals surface area (Å²) in [6.45, 7) is 5.75. The van der Waals surface area contributed by atoms with Gasteiger partial charge in [0.1, 0.15) is 5.65 Å². The molecule has 1 aliphatic carbocycles. The van der Waals surface area contributed by atoms with E-state index in [2.05, 4.69) is 10.4 Å². The predicted molar refractivity (Wildman–Crippen MR) is 107 cm³/mol. The van der Waals surface area contributed by atoms with E-state index in [0.29, 0.717) is 17.8 Å². The lowest BCUT2D eigenvalue weighted by atomic mass is 10.2. The Balaban J connectivity index is 1.80. The van der Waals surface area contributed by atoms with E-state index in [1.165, 1.54) is 21.4 Å². The van der Waals surface area contributed by atoms with Gasteiger partial charge in [0.05, 0.1) is 6.20 Å². The minimum absolute atomic E-state index is 0.0548. The Morgan fingerprint density at radius 1 is 1.34 bits per heavy atom.